The Morgan fingerprint density at radius 1 is 1.17 bits per heavy atom. The molecule has 2 aliphatic heterocycles. The third-order valence-electron chi connectivity index (χ3n) is 5.30. The van der Waals surface area contributed by atoms with E-state index >= 15 is 0 Å². The van der Waals surface area contributed by atoms with Gasteiger partial charge in [-0.05, 0) is 46.1 Å². The molecule has 0 aliphatic carbocycles. The Labute approximate surface area is 171 Å². The number of imide groups is 1. The van der Waals surface area contributed by atoms with Crippen molar-refractivity contribution in [3.63, 3.8) is 0 Å². The van der Waals surface area contributed by atoms with Crippen molar-refractivity contribution in [2.45, 2.75) is 77.4 Å². The third-order valence-corrected chi connectivity index (χ3v) is 5.30. The van der Waals surface area contributed by atoms with Crippen molar-refractivity contribution in [2.24, 2.45) is 0 Å². The fraction of sp³-hybridized carbons (Fsp3) is 0.591. The quantitative estimate of drug-likeness (QED) is 0.724. The normalized spacial score (nSPS) is 24.8. The molecule has 0 radical (unpaired) electrons. The molecule has 3 atom stereocenters. The van der Waals surface area contributed by atoms with E-state index in [0.717, 1.165) is 5.56 Å². The maximum Gasteiger partial charge on any atom is 0.410 e. The molecule has 2 fully saturated rings. The molecule has 0 spiro atoms. The molecule has 7 nitrogen and oxygen atoms in total. The summed E-state index contributed by atoms with van der Waals surface area (Å²) in [4.78, 5) is 41.0. The number of amides is 3. The van der Waals surface area contributed by atoms with Gasteiger partial charge in [-0.3, -0.25) is 19.4 Å². The van der Waals surface area contributed by atoms with Crippen LogP contribution in [0.4, 0.5) is 4.79 Å². The average Bonchev–Trinajstić information content (AvgIpc) is 3.24. The second-order valence-electron chi connectivity index (χ2n) is 8.71. The summed E-state index contributed by atoms with van der Waals surface area (Å²) in [5.41, 5.74) is 0.379. The molecule has 29 heavy (non-hydrogen) atoms. The van der Waals surface area contributed by atoms with Crippen molar-refractivity contribution in [2.75, 3.05) is 6.54 Å². The molecule has 1 aromatic carbocycles. The highest BCUT2D eigenvalue weighted by molar-refractivity contribution is 6.01. The van der Waals surface area contributed by atoms with Crippen LogP contribution in [-0.2, 0) is 25.7 Å². The monoisotopic (exact) mass is 402 g/mol. The predicted octanol–water partition coefficient (Wildman–Crippen LogP) is 3.12. The van der Waals surface area contributed by atoms with E-state index in [2.05, 4.69) is 0 Å². The molecule has 3 amide bonds. The highest BCUT2D eigenvalue weighted by atomic mass is 16.6. The molecular formula is C22H30N2O5. The lowest BCUT2D eigenvalue weighted by atomic mass is 10.1. The second kappa shape index (κ2) is 8.53. The molecule has 7 heteroatoms. The molecule has 158 valence electrons. The fourth-order valence-electron chi connectivity index (χ4n) is 3.86. The Hall–Kier alpha value is -2.41. The number of nitrogens with zero attached hydrogens (tertiary/aromatic N) is 2. The van der Waals surface area contributed by atoms with Gasteiger partial charge >= 0.3 is 6.09 Å². The van der Waals surface area contributed by atoms with Crippen LogP contribution < -0.4 is 0 Å². The first-order valence-electron chi connectivity index (χ1n) is 10.2. The van der Waals surface area contributed by atoms with Crippen molar-refractivity contribution in [3.8, 4) is 0 Å². The minimum Gasteiger partial charge on any atom is -0.444 e. The summed E-state index contributed by atoms with van der Waals surface area (Å²) in [5, 5.41) is 0. The van der Waals surface area contributed by atoms with Crippen LogP contribution in [-0.4, -0.2) is 58.0 Å². The number of benzene rings is 1. The van der Waals surface area contributed by atoms with Gasteiger partial charge in [0.1, 0.15) is 11.6 Å². The smallest absolute Gasteiger partial charge is 0.410 e. The Morgan fingerprint density at radius 2 is 1.86 bits per heavy atom. The molecule has 2 aliphatic rings. The Morgan fingerprint density at radius 3 is 2.52 bits per heavy atom. The van der Waals surface area contributed by atoms with E-state index in [1.165, 1.54) is 9.80 Å². The van der Waals surface area contributed by atoms with Crippen LogP contribution in [0.2, 0.25) is 0 Å². The summed E-state index contributed by atoms with van der Waals surface area (Å²) >= 11 is 0. The number of hydrogen-bond acceptors (Lipinski definition) is 5. The first-order chi connectivity index (χ1) is 13.7. The number of ether oxygens (including phenoxy) is 2. The lowest BCUT2D eigenvalue weighted by Crippen LogP contribution is -2.51. The molecule has 2 saturated heterocycles. The molecule has 0 N–H and O–H groups in total. The Kier molecular flexibility index (Phi) is 6.27. The Bertz CT molecular complexity index is 758. The van der Waals surface area contributed by atoms with Crippen LogP contribution in [0, 0.1) is 0 Å². The SMILES string of the molecule is C[C@H]1[C@H](OCc2ccccc2)CC(=O)N1C(=O)[C@@H]1CCCN1C(=O)OC(C)(C)C. The molecule has 2 heterocycles. The lowest BCUT2D eigenvalue weighted by Gasteiger charge is -2.31. The summed E-state index contributed by atoms with van der Waals surface area (Å²) in [6, 6.07) is 8.68. The van der Waals surface area contributed by atoms with Crippen LogP contribution >= 0.6 is 0 Å². The maximum atomic E-state index is 13.2. The first kappa shape index (κ1) is 21.3. The summed E-state index contributed by atoms with van der Waals surface area (Å²) in [5.74, 6) is -0.590. The van der Waals surface area contributed by atoms with Crippen LogP contribution in [0.15, 0.2) is 30.3 Å². The molecule has 0 aromatic heterocycles. The van der Waals surface area contributed by atoms with Gasteiger partial charge in [-0.15, -0.1) is 0 Å². The van der Waals surface area contributed by atoms with E-state index in [9.17, 15) is 14.4 Å². The highest BCUT2D eigenvalue weighted by Gasteiger charge is 2.47. The zero-order chi connectivity index (χ0) is 21.2. The van der Waals surface area contributed by atoms with Gasteiger partial charge in [0.2, 0.25) is 5.91 Å². The minimum absolute atomic E-state index is 0.166. The largest absolute Gasteiger partial charge is 0.444 e. The van der Waals surface area contributed by atoms with E-state index in [1.54, 1.807) is 20.8 Å². The second-order valence-corrected chi connectivity index (χ2v) is 8.71. The van der Waals surface area contributed by atoms with Crippen molar-refractivity contribution in [1.82, 2.24) is 9.80 Å². The van der Waals surface area contributed by atoms with Gasteiger partial charge in [0.15, 0.2) is 0 Å². The van der Waals surface area contributed by atoms with E-state index in [1.807, 2.05) is 37.3 Å². The van der Waals surface area contributed by atoms with E-state index in [0.29, 0.717) is 26.0 Å². The summed E-state index contributed by atoms with van der Waals surface area (Å²) in [6.07, 6.45) is 0.538. The molecule has 0 unspecified atom stereocenters. The van der Waals surface area contributed by atoms with Gasteiger partial charge < -0.3 is 9.47 Å². The minimum atomic E-state index is -0.663. The maximum absolute atomic E-state index is 13.2. The van der Waals surface area contributed by atoms with Gasteiger partial charge in [-0.25, -0.2) is 4.79 Å². The number of carbonyl (C=O) groups is 3. The van der Waals surface area contributed by atoms with Gasteiger partial charge in [0.25, 0.3) is 5.91 Å². The summed E-state index contributed by atoms with van der Waals surface area (Å²) < 4.78 is 11.4. The summed E-state index contributed by atoms with van der Waals surface area (Å²) in [7, 11) is 0. The van der Waals surface area contributed by atoms with Gasteiger partial charge in [-0.1, -0.05) is 30.3 Å². The van der Waals surface area contributed by atoms with Gasteiger partial charge in [-0.2, -0.15) is 0 Å². The predicted molar refractivity (Wildman–Crippen MR) is 107 cm³/mol. The van der Waals surface area contributed by atoms with Crippen LogP contribution in [0.3, 0.4) is 0 Å². The zero-order valence-electron chi connectivity index (χ0n) is 17.6. The van der Waals surface area contributed by atoms with E-state index < -0.39 is 17.7 Å². The lowest BCUT2D eigenvalue weighted by molar-refractivity contribution is -0.147. The Balaban J connectivity index is 1.65. The fourth-order valence-corrected chi connectivity index (χ4v) is 3.86. The molecule has 0 saturated carbocycles. The van der Waals surface area contributed by atoms with Crippen molar-refractivity contribution in [1.29, 1.82) is 0 Å². The highest BCUT2D eigenvalue weighted by Crippen LogP contribution is 2.28. The van der Waals surface area contributed by atoms with Crippen molar-refractivity contribution in [3.05, 3.63) is 35.9 Å². The standard InChI is InChI=1S/C22H30N2O5/c1-15-18(28-14-16-9-6-5-7-10-16)13-19(25)24(15)20(26)17-11-8-12-23(17)21(27)29-22(2,3)4/h5-7,9-10,15,17-18H,8,11-14H2,1-4H3/t15-,17-,18+/m0/s1. The molecule has 1 aromatic rings. The molecule has 3 rings (SSSR count). The number of likely N-dealkylation sites (tertiary alicyclic amines) is 2. The van der Waals surface area contributed by atoms with Gasteiger partial charge in [0, 0.05) is 6.54 Å². The topological polar surface area (TPSA) is 76.2 Å². The van der Waals surface area contributed by atoms with Crippen molar-refractivity contribution < 1.29 is 23.9 Å². The van der Waals surface area contributed by atoms with Gasteiger partial charge in [0.05, 0.1) is 25.2 Å². The number of rotatable bonds is 4. The number of carbonyl (C=O) groups excluding carboxylic acids is 3. The van der Waals surface area contributed by atoms with Crippen LogP contribution in [0.25, 0.3) is 0 Å². The van der Waals surface area contributed by atoms with Crippen molar-refractivity contribution >= 4 is 17.9 Å². The molecular weight excluding hydrogens is 372 g/mol. The van der Waals surface area contributed by atoms with Crippen LogP contribution in [0.5, 0.6) is 0 Å². The molecule has 0 bridgehead atoms. The zero-order valence-corrected chi connectivity index (χ0v) is 17.6. The summed E-state index contributed by atoms with van der Waals surface area (Å²) in [6.45, 7) is 8.04. The third kappa shape index (κ3) is 4.96. The van der Waals surface area contributed by atoms with E-state index in [-0.39, 0.29) is 30.4 Å². The average molecular weight is 402 g/mol. The van der Waals surface area contributed by atoms with E-state index in [4.69, 9.17) is 9.47 Å². The first-order valence-corrected chi connectivity index (χ1v) is 10.2. The number of hydrogen-bond donors (Lipinski definition) is 0. The van der Waals surface area contributed by atoms with Crippen LogP contribution in [0.1, 0.15) is 52.5 Å².